The van der Waals surface area contributed by atoms with Crippen LogP contribution in [0.25, 0.3) is 22.5 Å². The first-order valence-corrected chi connectivity index (χ1v) is 21.8. The van der Waals surface area contributed by atoms with Crippen molar-refractivity contribution in [2.45, 2.75) is 57.2 Å². The van der Waals surface area contributed by atoms with Crippen LogP contribution < -0.4 is 9.59 Å². The molecule has 1 unspecified atom stereocenters. The molecule has 1 saturated carbocycles. The number of aromatic nitrogens is 4. The molecule has 9 rings (SSSR count). The van der Waals surface area contributed by atoms with E-state index in [-0.39, 0.29) is 48.5 Å². The number of aliphatic imine (C=N–C) groups is 1. The first-order chi connectivity index (χ1) is 31.4. The number of aromatic carboxylic acids is 1. The van der Waals surface area contributed by atoms with Gasteiger partial charge in [-0.15, -0.1) is 5.10 Å². The highest BCUT2D eigenvalue weighted by Gasteiger charge is 2.49. The summed E-state index contributed by atoms with van der Waals surface area (Å²) in [5, 5.41) is 27.0. The Morgan fingerprint density at radius 3 is 1.98 bits per heavy atom. The highest BCUT2D eigenvalue weighted by atomic mass is 16.7. The molecular formula is C52H48N6O6. The number of quaternary nitrogens is 1. The third-order valence-corrected chi connectivity index (χ3v) is 12.3. The number of amidine groups is 1. The van der Waals surface area contributed by atoms with E-state index >= 15 is 0 Å². The van der Waals surface area contributed by atoms with Crippen LogP contribution in [0.2, 0.25) is 0 Å². The van der Waals surface area contributed by atoms with E-state index in [0.29, 0.717) is 17.2 Å². The average molecular weight is 853 g/mol. The van der Waals surface area contributed by atoms with Crippen LogP contribution in [-0.2, 0) is 26.3 Å². The van der Waals surface area contributed by atoms with E-state index in [1.165, 1.54) is 6.07 Å². The Bertz CT molecular complexity index is 2660. The van der Waals surface area contributed by atoms with Gasteiger partial charge in [-0.1, -0.05) is 146 Å². The van der Waals surface area contributed by atoms with Crippen LogP contribution in [0.15, 0.2) is 163 Å². The molecule has 1 atom stereocenters. The largest absolute Gasteiger partial charge is 0.545 e. The molecule has 1 fully saturated rings. The monoisotopic (exact) mass is 852 g/mol. The van der Waals surface area contributed by atoms with Gasteiger partial charge in [0.2, 0.25) is 0 Å². The minimum atomic E-state index is -1.36. The standard InChI is InChI=1S/C52H48N6O6/c1-2-62-50-53-46-30-18-29-44(49(59)60)47(46)58(50,33-34-63-51(61)64-42-27-16-7-17-28-42)36-37-31-32-43(38-19-8-3-9-20-38)45(35-37)48-54-55-56-57(48)52(39-21-10-4-11-22-39,40-23-12-5-13-24-40)41-25-14-6-15-26-41/h3-6,8-15,18-26,29-32,35,42H,2,7,16-17,27-28,33-34,36H2,1H3. The number of nitrogens with zero attached hydrogens (tertiary/aromatic N) is 6. The number of carbonyl (C=O) groups is 2. The lowest BCUT2D eigenvalue weighted by molar-refractivity contribution is -0.255. The summed E-state index contributed by atoms with van der Waals surface area (Å²) in [7, 11) is 0. The first kappa shape index (κ1) is 41.9. The van der Waals surface area contributed by atoms with Crippen molar-refractivity contribution < 1.29 is 28.9 Å². The molecule has 0 spiro atoms. The summed E-state index contributed by atoms with van der Waals surface area (Å²) in [5.74, 6) is -0.864. The molecule has 12 nitrogen and oxygen atoms in total. The third-order valence-electron chi connectivity index (χ3n) is 12.3. The fourth-order valence-electron chi connectivity index (χ4n) is 9.43. The number of hydrogen-bond donors (Lipinski definition) is 0. The number of tetrazole rings is 1. The Balaban J connectivity index is 1.22. The van der Waals surface area contributed by atoms with E-state index in [1.807, 2.05) is 109 Å². The fraction of sp³-hybridized carbons (Fsp3) is 0.231. The van der Waals surface area contributed by atoms with E-state index in [4.69, 9.17) is 29.5 Å². The molecule has 6 aromatic carbocycles. The number of carbonyl (C=O) groups excluding carboxylic acids is 2. The van der Waals surface area contributed by atoms with Crippen LogP contribution in [0.5, 0.6) is 0 Å². The predicted octanol–water partition coefficient (Wildman–Crippen LogP) is 9.24. The van der Waals surface area contributed by atoms with Crippen molar-refractivity contribution >= 4 is 29.5 Å². The number of carboxylic acids is 1. The normalized spacial score (nSPS) is 16.1. The molecule has 7 aromatic rings. The van der Waals surface area contributed by atoms with Crippen LogP contribution in [0.1, 0.15) is 71.6 Å². The SMILES string of the molecule is CCOC1=Nc2cccc(C(=O)[O-])c2[N+]1(CCOC(=O)OC1CCCCC1)Cc1ccc(-c2ccccc2)c(-c2nnnn2C(c2ccccc2)(c2ccccc2)c2ccccc2)c1. The zero-order chi connectivity index (χ0) is 43.9. The van der Waals surface area contributed by atoms with Gasteiger partial charge in [-0.3, -0.25) is 0 Å². The quantitative estimate of drug-likeness (QED) is 0.0595. The van der Waals surface area contributed by atoms with Gasteiger partial charge in [0.05, 0.1) is 18.1 Å². The topological polar surface area (TPSA) is 141 Å². The number of rotatable bonds is 14. The van der Waals surface area contributed by atoms with Crippen LogP contribution in [0.3, 0.4) is 0 Å². The van der Waals surface area contributed by atoms with Crippen molar-refractivity contribution in [2.75, 3.05) is 19.8 Å². The lowest BCUT2D eigenvalue weighted by Gasteiger charge is -2.36. The molecular weight excluding hydrogens is 805 g/mol. The van der Waals surface area contributed by atoms with Gasteiger partial charge in [0.25, 0.3) is 0 Å². The maximum absolute atomic E-state index is 13.1. The zero-order valence-electron chi connectivity index (χ0n) is 35.6. The molecule has 0 amide bonds. The smallest absolute Gasteiger partial charge is 0.508 e. The van der Waals surface area contributed by atoms with Gasteiger partial charge in [-0.25, -0.2) is 14.0 Å². The van der Waals surface area contributed by atoms with Crippen molar-refractivity contribution in [3.05, 3.63) is 186 Å². The van der Waals surface area contributed by atoms with E-state index in [1.54, 1.807) is 12.1 Å². The Kier molecular flexibility index (Phi) is 12.1. The molecule has 12 heteroatoms. The van der Waals surface area contributed by atoms with Crippen molar-refractivity contribution in [3.63, 3.8) is 0 Å². The Hall–Kier alpha value is -7.44. The highest BCUT2D eigenvalue weighted by Crippen LogP contribution is 2.47. The van der Waals surface area contributed by atoms with Gasteiger partial charge in [0.1, 0.15) is 37.0 Å². The second-order valence-corrected chi connectivity index (χ2v) is 16.1. The average Bonchev–Trinajstić information content (AvgIpc) is 3.94. The molecule has 2 heterocycles. The molecule has 2 aliphatic rings. The number of para-hydroxylation sites is 1. The van der Waals surface area contributed by atoms with Gasteiger partial charge >= 0.3 is 12.2 Å². The second kappa shape index (κ2) is 18.5. The Labute approximate surface area is 372 Å². The molecule has 0 radical (unpaired) electrons. The van der Waals surface area contributed by atoms with Crippen molar-refractivity contribution in [1.82, 2.24) is 24.7 Å². The number of fused-ring (bicyclic) bond motifs is 1. The van der Waals surface area contributed by atoms with Gasteiger partial charge in [0.15, 0.2) is 11.5 Å². The fourth-order valence-corrected chi connectivity index (χ4v) is 9.43. The summed E-state index contributed by atoms with van der Waals surface area (Å²) in [6, 6.07) is 52.0. The molecule has 64 heavy (non-hydrogen) atoms. The van der Waals surface area contributed by atoms with Crippen LogP contribution in [-0.4, -0.2) is 64.2 Å². The Morgan fingerprint density at radius 1 is 0.750 bits per heavy atom. The maximum atomic E-state index is 13.1. The lowest BCUT2D eigenvalue weighted by atomic mass is 9.77. The molecule has 1 aliphatic heterocycles. The predicted molar refractivity (Wildman–Crippen MR) is 242 cm³/mol. The van der Waals surface area contributed by atoms with Crippen LogP contribution in [0.4, 0.5) is 16.2 Å². The van der Waals surface area contributed by atoms with Crippen LogP contribution >= 0.6 is 0 Å². The Morgan fingerprint density at radius 2 is 1.38 bits per heavy atom. The van der Waals surface area contributed by atoms with Crippen LogP contribution in [0, 0.1) is 0 Å². The van der Waals surface area contributed by atoms with E-state index in [0.717, 1.165) is 71.0 Å². The minimum absolute atomic E-state index is 0.0378. The van der Waals surface area contributed by atoms with E-state index in [9.17, 15) is 14.7 Å². The molecule has 1 aliphatic carbocycles. The maximum Gasteiger partial charge on any atom is 0.508 e. The van der Waals surface area contributed by atoms with Crippen molar-refractivity contribution in [2.24, 2.45) is 4.99 Å². The number of benzene rings is 6. The lowest BCUT2D eigenvalue weighted by Crippen LogP contribution is -2.55. The number of carboxylic acid groups (broad SMARTS) is 1. The van der Waals surface area contributed by atoms with Gasteiger partial charge < -0.3 is 24.1 Å². The van der Waals surface area contributed by atoms with E-state index in [2.05, 4.69) is 47.7 Å². The summed E-state index contributed by atoms with van der Waals surface area (Å²) in [4.78, 5) is 30.9. The first-order valence-electron chi connectivity index (χ1n) is 21.8. The van der Waals surface area contributed by atoms with Crippen molar-refractivity contribution in [1.29, 1.82) is 0 Å². The number of ether oxygens (including phenoxy) is 3. The molecule has 0 N–H and O–H groups in total. The van der Waals surface area contributed by atoms with Gasteiger partial charge in [0, 0.05) is 11.1 Å². The molecule has 1 aromatic heterocycles. The second-order valence-electron chi connectivity index (χ2n) is 16.1. The van der Waals surface area contributed by atoms with Gasteiger partial charge in [-0.05, 0) is 89.1 Å². The summed E-state index contributed by atoms with van der Waals surface area (Å²) in [6.45, 7) is 2.23. The summed E-state index contributed by atoms with van der Waals surface area (Å²) in [5.41, 5.74) is 5.92. The van der Waals surface area contributed by atoms with Gasteiger partial charge in [-0.2, -0.15) is 4.99 Å². The third kappa shape index (κ3) is 7.92. The molecule has 0 saturated heterocycles. The summed E-state index contributed by atoms with van der Waals surface area (Å²) >= 11 is 0. The zero-order valence-corrected chi connectivity index (χ0v) is 35.6. The number of hydrogen-bond acceptors (Lipinski definition) is 10. The minimum Gasteiger partial charge on any atom is -0.545 e. The molecule has 322 valence electrons. The summed E-state index contributed by atoms with van der Waals surface area (Å²) in [6.07, 6.45) is 3.76. The molecule has 0 bridgehead atoms. The summed E-state index contributed by atoms with van der Waals surface area (Å²) < 4.78 is 19.5. The highest BCUT2D eigenvalue weighted by molar-refractivity contribution is 6.06. The van der Waals surface area contributed by atoms with E-state index < -0.39 is 17.7 Å². The van der Waals surface area contributed by atoms with Crippen molar-refractivity contribution in [3.8, 4) is 22.5 Å².